The number of pyridine rings is 1. The number of para-hydroxylation sites is 1. The first-order chi connectivity index (χ1) is 17.5. The van der Waals surface area contributed by atoms with E-state index >= 15 is 0 Å². The number of carbonyl (C=O) groups is 1. The molecule has 0 unspecified atom stereocenters. The summed E-state index contributed by atoms with van der Waals surface area (Å²) in [5.41, 5.74) is 0. The zero-order valence-corrected chi connectivity index (χ0v) is 24.4. The summed E-state index contributed by atoms with van der Waals surface area (Å²) in [7, 11) is 0. The molecule has 0 aliphatic heterocycles. The Morgan fingerprint density at radius 2 is 1.54 bits per heavy atom. The first-order valence-corrected chi connectivity index (χ1v) is 12.9. The predicted octanol–water partition coefficient (Wildman–Crippen LogP) is 8.85. The van der Waals surface area contributed by atoms with E-state index in [1.54, 1.807) is 0 Å². The molecule has 0 saturated carbocycles. The summed E-state index contributed by atoms with van der Waals surface area (Å²) in [4.78, 5) is 16.1. The molecule has 0 fully saturated rings. The quantitative estimate of drug-likeness (QED) is 0.0835. The molecule has 3 aromatic carbocycles. The van der Waals surface area contributed by atoms with Crippen LogP contribution in [0.1, 0.15) is 53.4 Å². The molecule has 4 rings (SSSR count). The van der Waals surface area contributed by atoms with E-state index in [2.05, 4.69) is 35.3 Å². The summed E-state index contributed by atoms with van der Waals surface area (Å²) in [6.45, 7) is 8.07. The Morgan fingerprint density at radius 1 is 0.892 bits per heavy atom. The zero-order valence-electron chi connectivity index (χ0n) is 22.0. The molecule has 4 nitrogen and oxygen atoms in total. The fourth-order valence-corrected chi connectivity index (χ4v) is 4.27. The molecule has 0 aliphatic carbocycles. The third-order valence-corrected chi connectivity index (χ3v) is 6.58. The molecular formula is C32H36IrNO3-. The van der Waals surface area contributed by atoms with Crippen molar-refractivity contribution in [2.24, 2.45) is 11.8 Å². The van der Waals surface area contributed by atoms with Crippen LogP contribution in [-0.4, -0.2) is 15.9 Å². The summed E-state index contributed by atoms with van der Waals surface area (Å²) < 4.78 is 5.77. The number of ether oxygens (including phenoxy) is 1. The van der Waals surface area contributed by atoms with Gasteiger partial charge in [0.2, 0.25) is 5.88 Å². The smallest absolute Gasteiger partial charge is 0.217 e. The number of allylic oxidation sites excluding steroid dienone is 2. The van der Waals surface area contributed by atoms with Crippen molar-refractivity contribution in [3.63, 3.8) is 0 Å². The van der Waals surface area contributed by atoms with Crippen molar-refractivity contribution in [1.29, 1.82) is 0 Å². The summed E-state index contributed by atoms with van der Waals surface area (Å²) >= 11 is 0. The van der Waals surface area contributed by atoms with Crippen LogP contribution in [0.5, 0.6) is 11.6 Å². The number of nitrogens with zero attached hydrogens (tertiary/aromatic N) is 1. The molecule has 1 N–H and O–H groups in total. The maximum atomic E-state index is 11.7. The molecule has 1 aromatic heterocycles. The van der Waals surface area contributed by atoms with Crippen LogP contribution in [-0.2, 0) is 24.9 Å². The topological polar surface area (TPSA) is 59.4 Å². The Morgan fingerprint density at radius 3 is 2.19 bits per heavy atom. The molecule has 0 atom stereocenters. The maximum Gasteiger partial charge on any atom is 0.217 e. The normalized spacial score (nSPS) is 11.2. The van der Waals surface area contributed by atoms with E-state index in [1.807, 2.05) is 76.4 Å². The van der Waals surface area contributed by atoms with Crippen LogP contribution in [0.15, 0.2) is 84.8 Å². The number of carbonyl (C=O) groups excluding carboxylic acids is 1. The van der Waals surface area contributed by atoms with Crippen molar-refractivity contribution >= 4 is 27.3 Å². The third-order valence-electron chi connectivity index (χ3n) is 6.58. The zero-order chi connectivity index (χ0) is 25.9. The number of hydrogen-bond acceptors (Lipinski definition) is 4. The Kier molecular flexibility index (Phi) is 12.5. The molecule has 0 amide bonds. The number of benzene rings is 3. The molecule has 37 heavy (non-hydrogen) atoms. The van der Waals surface area contributed by atoms with Gasteiger partial charge in [-0.2, -0.15) is 18.2 Å². The van der Waals surface area contributed by atoms with Gasteiger partial charge < -0.3 is 9.84 Å². The summed E-state index contributed by atoms with van der Waals surface area (Å²) in [6, 6.07) is 25.1. The first-order valence-electron chi connectivity index (χ1n) is 12.9. The first kappa shape index (κ1) is 30.2. The predicted molar refractivity (Wildman–Crippen MR) is 148 cm³/mol. The van der Waals surface area contributed by atoms with Crippen LogP contribution in [0.25, 0.3) is 21.5 Å². The number of aliphatic hydroxyl groups excluding tert-OH is 1. The second-order valence-corrected chi connectivity index (χ2v) is 8.86. The Labute approximate surface area is 234 Å². The van der Waals surface area contributed by atoms with Gasteiger partial charge in [-0.05, 0) is 41.8 Å². The molecular weight excluding hydrogens is 639 g/mol. The molecule has 197 valence electrons. The Bertz CT molecular complexity index is 1300. The van der Waals surface area contributed by atoms with Crippen molar-refractivity contribution in [3.8, 4) is 11.6 Å². The Hall–Kier alpha value is -3.01. The average Bonchev–Trinajstić information content (AvgIpc) is 2.91. The molecule has 4 aromatic rings. The number of ketones is 1. The van der Waals surface area contributed by atoms with E-state index in [-0.39, 0.29) is 43.5 Å². The number of fused-ring (bicyclic) bond motifs is 3. The second-order valence-electron chi connectivity index (χ2n) is 8.86. The average molecular weight is 675 g/mol. The van der Waals surface area contributed by atoms with Crippen molar-refractivity contribution in [3.05, 3.63) is 90.8 Å². The van der Waals surface area contributed by atoms with Crippen LogP contribution >= 0.6 is 0 Å². The summed E-state index contributed by atoms with van der Waals surface area (Å²) in [6.07, 6.45) is 6.75. The van der Waals surface area contributed by atoms with Crippen LogP contribution < -0.4 is 4.74 Å². The number of hydrogen-bond donors (Lipinski definition) is 1. The SMILES string of the molecule is CCC(CC)C(=O)/C=C(\O)C(CC)CC.[Ir].[c-]1ccccc1Oc1cc2c(ccc3ccccc32)cn1. The van der Waals surface area contributed by atoms with E-state index in [1.165, 1.54) is 16.8 Å². The molecule has 1 heterocycles. The van der Waals surface area contributed by atoms with Gasteiger partial charge in [-0.25, -0.2) is 4.98 Å². The summed E-state index contributed by atoms with van der Waals surface area (Å²) in [5.74, 6) is 1.80. The minimum Gasteiger partial charge on any atom is -0.512 e. The molecule has 0 spiro atoms. The molecule has 1 radical (unpaired) electrons. The van der Waals surface area contributed by atoms with E-state index in [0.29, 0.717) is 11.6 Å². The minimum atomic E-state index is 0. The van der Waals surface area contributed by atoms with Crippen molar-refractivity contribution < 1.29 is 34.7 Å². The van der Waals surface area contributed by atoms with Gasteiger partial charge in [-0.3, -0.25) is 4.79 Å². The van der Waals surface area contributed by atoms with Gasteiger partial charge in [0, 0.05) is 61.4 Å². The fourth-order valence-electron chi connectivity index (χ4n) is 4.27. The van der Waals surface area contributed by atoms with Gasteiger partial charge in [0.05, 0.1) is 5.76 Å². The number of aliphatic hydroxyl groups is 1. The van der Waals surface area contributed by atoms with Crippen LogP contribution in [0.4, 0.5) is 0 Å². The van der Waals surface area contributed by atoms with E-state index in [4.69, 9.17) is 4.74 Å². The van der Waals surface area contributed by atoms with E-state index in [0.717, 1.165) is 36.5 Å². The van der Waals surface area contributed by atoms with Gasteiger partial charge in [0.15, 0.2) is 5.78 Å². The van der Waals surface area contributed by atoms with E-state index in [9.17, 15) is 9.90 Å². The second kappa shape index (κ2) is 15.3. The van der Waals surface area contributed by atoms with Gasteiger partial charge in [-0.1, -0.05) is 64.1 Å². The third kappa shape index (κ3) is 8.24. The molecule has 5 heteroatoms. The van der Waals surface area contributed by atoms with Crippen LogP contribution in [0.3, 0.4) is 0 Å². The van der Waals surface area contributed by atoms with Crippen molar-refractivity contribution in [2.45, 2.75) is 53.4 Å². The van der Waals surface area contributed by atoms with Crippen LogP contribution in [0.2, 0.25) is 0 Å². The number of aromatic nitrogens is 1. The molecule has 0 saturated heterocycles. The monoisotopic (exact) mass is 675 g/mol. The number of rotatable bonds is 9. The molecule has 0 bridgehead atoms. The minimum absolute atomic E-state index is 0. The largest absolute Gasteiger partial charge is 0.512 e. The van der Waals surface area contributed by atoms with Crippen LogP contribution in [0, 0.1) is 17.9 Å². The molecule has 0 aliphatic rings. The van der Waals surface area contributed by atoms with Gasteiger partial charge in [0.1, 0.15) is 0 Å². The van der Waals surface area contributed by atoms with Gasteiger partial charge >= 0.3 is 0 Å². The standard InChI is InChI=1S/C19H12NO.C13H24O2.Ir/c1-2-7-16(8-3-1)21-19-12-18-15(13-20-19)11-10-14-6-4-5-9-17(14)18;1-5-10(6-2)12(14)9-13(15)11(7-3)8-4;/h1-7,9-13H;9-11,14H,5-8H2,1-4H3;/q-1;;/b;12-9-;. The van der Waals surface area contributed by atoms with Crippen molar-refractivity contribution in [2.75, 3.05) is 0 Å². The Balaban J connectivity index is 0.000000271. The summed E-state index contributed by atoms with van der Waals surface area (Å²) in [5, 5.41) is 14.4. The van der Waals surface area contributed by atoms with Gasteiger partial charge in [-0.15, -0.1) is 12.1 Å². The van der Waals surface area contributed by atoms with E-state index < -0.39 is 0 Å². The maximum absolute atomic E-state index is 11.7. The van der Waals surface area contributed by atoms with Gasteiger partial charge in [0.25, 0.3) is 0 Å². The fraction of sp³-hybridized carbons (Fsp3) is 0.312. The van der Waals surface area contributed by atoms with Crippen molar-refractivity contribution in [1.82, 2.24) is 4.98 Å².